The molecule has 1 aromatic rings. The Bertz CT molecular complexity index is 375. The first-order valence-corrected chi connectivity index (χ1v) is 7.22. The molecule has 2 unspecified atom stereocenters. The number of hydrogen-bond acceptors (Lipinski definition) is 2. The lowest BCUT2D eigenvalue weighted by atomic mass is 10.0. The van der Waals surface area contributed by atoms with Crippen LogP contribution in [0.3, 0.4) is 0 Å². The first-order chi connectivity index (χ1) is 8.70. The maximum absolute atomic E-state index is 3.62. The molecule has 1 aliphatic rings. The summed E-state index contributed by atoms with van der Waals surface area (Å²) in [6.45, 7) is 10.3. The summed E-state index contributed by atoms with van der Waals surface area (Å²) in [5.41, 5.74) is 2.92. The maximum atomic E-state index is 3.62. The van der Waals surface area contributed by atoms with Gasteiger partial charge in [-0.25, -0.2) is 0 Å². The minimum absolute atomic E-state index is 0.664. The molecule has 1 aromatic carbocycles. The molecule has 18 heavy (non-hydrogen) atoms. The molecule has 0 aromatic heterocycles. The molecule has 2 heteroatoms. The van der Waals surface area contributed by atoms with Gasteiger partial charge in [-0.1, -0.05) is 31.2 Å². The van der Waals surface area contributed by atoms with E-state index in [-0.39, 0.29) is 0 Å². The molecule has 100 valence electrons. The molecule has 1 aliphatic heterocycles. The number of benzene rings is 1. The van der Waals surface area contributed by atoms with Gasteiger partial charge in [-0.15, -0.1) is 0 Å². The monoisotopic (exact) mass is 246 g/mol. The highest BCUT2D eigenvalue weighted by molar-refractivity contribution is 5.25. The van der Waals surface area contributed by atoms with Crippen molar-refractivity contribution in [3.63, 3.8) is 0 Å². The second-order valence-corrected chi connectivity index (χ2v) is 5.53. The van der Waals surface area contributed by atoms with Crippen LogP contribution in [-0.4, -0.2) is 36.6 Å². The van der Waals surface area contributed by atoms with E-state index < -0.39 is 0 Å². The molecule has 0 spiro atoms. The highest BCUT2D eigenvalue weighted by atomic mass is 15.2. The van der Waals surface area contributed by atoms with Gasteiger partial charge in [-0.2, -0.15) is 0 Å². The third kappa shape index (κ3) is 3.33. The number of rotatable bonds is 4. The van der Waals surface area contributed by atoms with Crippen LogP contribution < -0.4 is 5.32 Å². The summed E-state index contributed by atoms with van der Waals surface area (Å²) >= 11 is 0. The lowest BCUT2D eigenvalue weighted by Crippen LogP contribution is -2.55. The summed E-state index contributed by atoms with van der Waals surface area (Å²) in [7, 11) is 0. The minimum Gasteiger partial charge on any atom is -0.311 e. The molecule has 1 heterocycles. The first-order valence-electron chi connectivity index (χ1n) is 7.22. The van der Waals surface area contributed by atoms with Gasteiger partial charge in [-0.05, 0) is 37.8 Å². The molecule has 0 bridgehead atoms. The van der Waals surface area contributed by atoms with Crippen molar-refractivity contribution >= 4 is 0 Å². The lowest BCUT2D eigenvalue weighted by molar-refractivity contribution is 0.141. The Morgan fingerprint density at radius 1 is 1.33 bits per heavy atom. The van der Waals surface area contributed by atoms with Gasteiger partial charge >= 0.3 is 0 Å². The fourth-order valence-corrected chi connectivity index (χ4v) is 2.73. The van der Waals surface area contributed by atoms with Crippen LogP contribution in [0, 0.1) is 6.92 Å². The van der Waals surface area contributed by atoms with Crippen molar-refractivity contribution in [2.24, 2.45) is 0 Å². The van der Waals surface area contributed by atoms with Crippen molar-refractivity contribution < 1.29 is 0 Å². The van der Waals surface area contributed by atoms with E-state index in [9.17, 15) is 0 Å². The summed E-state index contributed by atoms with van der Waals surface area (Å²) in [6.07, 6.45) is 2.40. The maximum Gasteiger partial charge on any atom is 0.0193 e. The highest BCUT2D eigenvalue weighted by Crippen LogP contribution is 2.12. The number of piperazine rings is 1. The Morgan fingerprint density at radius 2 is 2.11 bits per heavy atom. The molecule has 1 N–H and O–H groups in total. The number of hydrogen-bond donors (Lipinski definition) is 1. The average Bonchev–Trinajstić information content (AvgIpc) is 2.39. The Kier molecular flexibility index (Phi) is 4.79. The highest BCUT2D eigenvalue weighted by Gasteiger charge is 2.23. The van der Waals surface area contributed by atoms with Crippen LogP contribution in [0.2, 0.25) is 0 Å². The quantitative estimate of drug-likeness (QED) is 0.878. The molecule has 2 nitrogen and oxygen atoms in total. The zero-order chi connectivity index (χ0) is 13.0. The molecule has 0 saturated carbocycles. The molecular formula is C16H26N2. The summed E-state index contributed by atoms with van der Waals surface area (Å²) in [4.78, 5) is 2.64. The second kappa shape index (κ2) is 6.35. The van der Waals surface area contributed by atoms with Crippen molar-refractivity contribution in [1.29, 1.82) is 0 Å². The molecular weight excluding hydrogens is 220 g/mol. The summed E-state index contributed by atoms with van der Waals surface area (Å²) in [6, 6.07) is 10.1. The average molecular weight is 246 g/mol. The van der Waals surface area contributed by atoms with Gasteiger partial charge in [0.2, 0.25) is 0 Å². The van der Waals surface area contributed by atoms with E-state index in [0.29, 0.717) is 12.1 Å². The van der Waals surface area contributed by atoms with Crippen LogP contribution in [0.5, 0.6) is 0 Å². The van der Waals surface area contributed by atoms with Crippen LogP contribution in [0.4, 0.5) is 0 Å². The van der Waals surface area contributed by atoms with E-state index in [1.165, 1.54) is 37.1 Å². The van der Waals surface area contributed by atoms with Gasteiger partial charge < -0.3 is 5.32 Å². The standard InChI is InChI=1S/C16H26N2/c1-4-16-12-18(14(3)11-17-16)10-9-15-8-6-5-7-13(15)2/h5-8,14,16-17H,4,9-12H2,1-3H3. The summed E-state index contributed by atoms with van der Waals surface area (Å²) < 4.78 is 0. The van der Waals surface area contributed by atoms with E-state index >= 15 is 0 Å². The van der Waals surface area contributed by atoms with Crippen molar-refractivity contribution in [2.45, 2.75) is 45.7 Å². The van der Waals surface area contributed by atoms with Crippen LogP contribution >= 0.6 is 0 Å². The largest absolute Gasteiger partial charge is 0.311 e. The van der Waals surface area contributed by atoms with Crippen molar-refractivity contribution in [3.8, 4) is 0 Å². The van der Waals surface area contributed by atoms with Gasteiger partial charge in [-0.3, -0.25) is 4.90 Å². The van der Waals surface area contributed by atoms with Crippen molar-refractivity contribution in [3.05, 3.63) is 35.4 Å². The molecule has 1 fully saturated rings. The fourth-order valence-electron chi connectivity index (χ4n) is 2.73. The van der Waals surface area contributed by atoms with E-state index in [0.717, 1.165) is 6.54 Å². The predicted octanol–water partition coefficient (Wildman–Crippen LogP) is 2.61. The SMILES string of the molecule is CCC1CN(CCc2ccccc2C)C(C)CN1. The Morgan fingerprint density at radius 3 is 2.83 bits per heavy atom. The topological polar surface area (TPSA) is 15.3 Å². The number of aryl methyl sites for hydroxylation is 1. The minimum atomic E-state index is 0.664. The normalized spacial score (nSPS) is 25.3. The van der Waals surface area contributed by atoms with Crippen molar-refractivity contribution in [1.82, 2.24) is 10.2 Å². The molecule has 2 rings (SSSR count). The molecule has 0 amide bonds. The Labute approximate surface area is 111 Å². The first kappa shape index (κ1) is 13.6. The van der Waals surface area contributed by atoms with Crippen LogP contribution in [-0.2, 0) is 6.42 Å². The molecule has 0 radical (unpaired) electrons. The second-order valence-electron chi connectivity index (χ2n) is 5.53. The zero-order valence-corrected chi connectivity index (χ0v) is 11.9. The van der Waals surface area contributed by atoms with E-state index in [4.69, 9.17) is 0 Å². The Balaban J connectivity index is 1.90. The summed E-state index contributed by atoms with van der Waals surface area (Å²) in [5, 5.41) is 3.62. The van der Waals surface area contributed by atoms with E-state index in [1.54, 1.807) is 0 Å². The predicted molar refractivity (Wildman–Crippen MR) is 78.0 cm³/mol. The van der Waals surface area contributed by atoms with E-state index in [1.807, 2.05) is 0 Å². The van der Waals surface area contributed by atoms with Gasteiger partial charge in [0.25, 0.3) is 0 Å². The third-order valence-electron chi connectivity index (χ3n) is 4.20. The Hall–Kier alpha value is -0.860. The van der Waals surface area contributed by atoms with Crippen molar-refractivity contribution in [2.75, 3.05) is 19.6 Å². The summed E-state index contributed by atoms with van der Waals surface area (Å²) in [5.74, 6) is 0. The molecule has 1 saturated heterocycles. The van der Waals surface area contributed by atoms with E-state index in [2.05, 4.69) is 55.3 Å². The van der Waals surface area contributed by atoms with Gasteiger partial charge in [0.05, 0.1) is 0 Å². The van der Waals surface area contributed by atoms with Crippen LogP contribution in [0.1, 0.15) is 31.4 Å². The molecule has 0 aliphatic carbocycles. The number of nitrogens with one attached hydrogen (secondary N) is 1. The van der Waals surface area contributed by atoms with Crippen LogP contribution in [0.25, 0.3) is 0 Å². The smallest absolute Gasteiger partial charge is 0.0193 e. The molecule has 2 atom stereocenters. The lowest BCUT2D eigenvalue weighted by Gasteiger charge is -2.38. The fraction of sp³-hybridized carbons (Fsp3) is 0.625. The van der Waals surface area contributed by atoms with Gasteiger partial charge in [0, 0.05) is 31.7 Å². The van der Waals surface area contributed by atoms with Gasteiger partial charge in [0.15, 0.2) is 0 Å². The third-order valence-corrected chi connectivity index (χ3v) is 4.20. The zero-order valence-electron chi connectivity index (χ0n) is 11.9. The van der Waals surface area contributed by atoms with Crippen LogP contribution in [0.15, 0.2) is 24.3 Å². The number of nitrogens with zero attached hydrogens (tertiary/aromatic N) is 1. The van der Waals surface area contributed by atoms with Gasteiger partial charge in [0.1, 0.15) is 0 Å².